The minimum atomic E-state index is 1.24. The zero-order chi connectivity index (χ0) is 21.5. The van der Waals surface area contributed by atoms with Gasteiger partial charge in [0.05, 0.1) is 27.2 Å². The minimum Gasteiger partial charge on any atom is -0.328 e. The highest BCUT2D eigenvalue weighted by Crippen LogP contribution is 2.14. The first kappa shape index (κ1) is 29.0. The average Bonchev–Trinajstić information content (AvgIpc) is 2.70. The summed E-state index contributed by atoms with van der Waals surface area (Å²) in [6, 6.07) is 0. The van der Waals surface area contributed by atoms with Gasteiger partial charge in [0.15, 0.2) is 0 Å². The normalized spacial score (nSPS) is 12.0. The zero-order valence-electron chi connectivity index (χ0n) is 21.4. The Morgan fingerprint density at radius 3 is 0.759 bits per heavy atom. The second-order valence-electron chi connectivity index (χ2n) is 10.5. The highest BCUT2D eigenvalue weighted by molar-refractivity contribution is 4.50. The fourth-order valence-corrected chi connectivity index (χ4v) is 4.52. The van der Waals surface area contributed by atoms with Crippen LogP contribution in [0.1, 0.15) is 155 Å². The lowest BCUT2D eigenvalue weighted by Crippen LogP contribution is -2.41. The molecule has 0 aromatic heterocycles. The van der Waals surface area contributed by atoms with Gasteiger partial charge in [-0.1, -0.05) is 129 Å². The van der Waals surface area contributed by atoms with Gasteiger partial charge < -0.3 is 4.48 Å². The standard InChI is InChI=1S/C28H60N/c1-5-7-9-11-13-15-16-17-18-19-20-22-24-26-28-29(3,4)27-25-23-21-14-12-10-8-6-2/h5-28H2,1-4H3/q+1. The third-order valence-electron chi connectivity index (χ3n) is 6.73. The number of hydrogen-bond acceptors (Lipinski definition) is 0. The molecule has 0 saturated heterocycles. The fraction of sp³-hybridized carbons (Fsp3) is 1.00. The molecule has 0 aliphatic carbocycles. The van der Waals surface area contributed by atoms with Crippen LogP contribution < -0.4 is 0 Å². The predicted octanol–water partition coefficient (Wildman–Crippen LogP) is 9.68. The topological polar surface area (TPSA) is 0 Å². The molecule has 0 saturated carbocycles. The fourth-order valence-electron chi connectivity index (χ4n) is 4.52. The Bertz CT molecular complexity index is 297. The first-order valence-corrected chi connectivity index (χ1v) is 13.9. The third-order valence-corrected chi connectivity index (χ3v) is 6.73. The maximum absolute atomic E-state index is 2.45. The molecular formula is C28H60N+. The van der Waals surface area contributed by atoms with Crippen LogP contribution in [0.2, 0.25) is 0 Å². The molecule has 0 rings (SSSR count). The van der Waals surface area contributed by atoms with Crippen molar-refractivity contribution in [3.63, 3.8) is 0 Å². The van der Waals surface area contributed by atoms with Crippen LogP contribution in [0.15, 0.2) is 0 Å². The molecule has 1 nitrogen and oxygen atoms in total. The molecule has 0 unspecified atom stereocenters. The van der Waals surface area contributed by atoms with E-state index in [0.717, 1.165) is 0 Å². The molecule has 0 aromatic carbocycles. The summed E-state index contributed by atoms with van der Waals surface area (Å²) in [5.74, 6) is 0. The molecule has 0 heterocycles. The Kier molecular flexibility index (Phi) is 22.6. The van der Waals surface area contributed by atoms with Crippen molar-refractivity contribution < 1.29 is 4.48 Å². The van der Waals surface area contributed by atoms with Crippen LogP contribution in [0.3, 0.4) is 0 Å². The zero-order valence-corrected chi connectivity index (χ0v) is 21.4. The van der Waals surface area contributed by atoms with Crippen molar-refractivity contribution in [2.24, 2.45) is 0 Å². The molecule has 0 radical (unpaired) electrons. The van der Waals surface area contributed by atoms with Gasteiger partial charge in [-0.2, -0.15) is 0 Å². The van der Waals surface area contributed by atoms with Gasteiger partial charge in [0.2, 0.25) is 0 Å². The number of nitrogens with zero attached hydrogens (tertiary/aromatic N) is 1. The van der Waals surface area contributed by atoms with Gasteiger partial charge >= 0.3 is 0 Å². The first-order valence-electron chi connectivity index (χ1n) is 13.9. The molecule has 0 spiro atoms. The second kappa shape index (κ2) is 22.6. The van der Waals surface area contributed by atoms with Crippen molar-refractivity contribution in [3.8, 4) is 0 Å². The Balaban J connectivity index is 3.27. The molecule has 0 atom stereocenters. The first-order chi connectivity index (χ1) is 14.1. The van der Waals surface area contributed by atoms with E-state index >= 15 is 0 Å². The third kappa shape index (κ3) is 24.1. The van der Waals surface area contributed by atoms with Gasteiger partial charge in [-0.05, 0) is 25.7 Å². The van der Waals surface area contributed by atoms with Crippen molar-refractivity contribution in [1.82, 2.24) is 0 Å². The van der Waals surface area contributed by atoms with Crippen LogP contribution in [0.5, 0.6) is 0 Å². The Morgan fingerprint density at radius 1 is 0.310 bits per heavy atom. The van der Waals surface area contributed by atoms with Crippen molar-refractivity contribution in [2.45, 2.75) is 155 Å². The van der Waals surface area contributed by atoms with E-state index in [1.165, 1.54) is 159 Å². The highest BCUT2D eigenvalue weighted by atomic mass is 15.3. The monoisotopic (exact) mass is 410 g/mol. The van der Waals surface area contributed by atoms with E-state index in [0.29, 0.717) is 0 Å². The Morgan fingerprint density at radius 2 is 0.517 bits per heavy atom. The van der Waals surface area contributed by atoms with E-state index < -0.39 is 0 Å². The van der Waals surface area contributed by atoms with Gasteiger partial charge in [0.1, 0.15) is 0 Å². The number of hydrogen-bond donors (Lipinski definition) is 0. The van der Waals surface area contributed by atoms with E-state index in [2.05, 4.69) is 27.9 Å². The summed E-state index contributed by atoms with van der Waals surface area (Å²) in [6.45, 7) is 7.37. The van der Waals surface area contributed by atoms with Gasteiger partial charge in [-0.25, -0.2) is 0 Å². The predicted molar refractivity (Wildman–Crippen MR) is 135 cm³/mol. The molecule has 0 N–H and O–H groups in total. The van der Waals surface area contributed by atoms with Crippen molar-refractivity contribution >= 4 is 0 Å². The van der Waals surface area contributed by atoms with E-state index in [9.17, 15) is 0 Å². The minimum absolute atomic E-state index is 1.24. The van der Waals surface area contributed by atoms with Crippen molar-refractivity contribution in [3.05, 3.63) is 0 Å². The van der Waals surface area contributed by atoms with Crippen molar-refractivity contribution in [1.29, 1.82) is 0 Å². The largest absolute Gasteiger partial charge is 0.328 e. The van der Waals surface area contributed by atoms with Crippen LogP contribution in [0.25, 0.3) is 0 Å². The maximum atomic E-state index is 2.45. The van der Waals surface area contributed by atoms with E-state index in [4.69, 9.17) is 0 Å². The smallest absolute Gasteiger partial charge is 0.0782 e. The highest BCUT2D eigenvalue weighted by Gasteiger charge is 2.13. The number of rotatable bonds is 24. The molecule has 29 heavy (non-hydrogen) atoms. The molecule has 1 heteroatoms. The molecule has 0 aliphatic rings. The van der Waals surface area contributed by atoms with Crippen molar-refractivity contribution in [2.75, 3.05) is 27.2 Å². The molecule has 0 aliphatic heterocycles. The van der Waals surface area contributed by atoms with Crippen LogP contribution in [0, 0.1) is 0 Å². The SMILES string of the molecule is CCCCCCCCCCCCCCCC[N+](C)(C)CCCCCCCCCC. The van der Waals surface area contributed by atoms with Crippen LogP contribution in [0.4, 0.5) is 0 Å². The lowest BCUT2D eigenvalue weighted by molar-refractivity contribution is -0.890. The molecule has 0 fully saturated rings. The summed E-state index contributed by atoms with van der Waals surface area (Å²) >= 11 is 0. The quantitative estimate of drug-likeness (QED) is 0.110. The summed E-state index contributed by atoms with van der Waals surface area (Å²) in [6.07, 6.45) is 32.0. The van der Waals surface area contributed by atoms with Gasteiger partial charge in [-0.15, -0.1) is 0 Å². The second-order valence-corrected chi connectivity index (χ2v) is 10.5. The van der Waals surface area contributed by atoms with Gasteiger partial charge in [0, 0.05) is 0 Å². The van der Waals surface area contributed by atoms with Crippen LogP contribution in [-0.4, -0.2) is 31.7 Å². The Labute approximate surface area is 187 Å². The van der Waals surface area contributed by atoms with Crippen LogP contribution >= 0.6 is 0 Å². The van der Waals surface area contributed by atoms with Gasteiger partial charge in [-0.3, -0.25) is 0 Å². The Hall–Kier alpha value is -0.0400. The van der Waals surface area contributed by atoms with E-state index in [-0.39, 0.29) is 0 Å². The van der Waals surface area contributed by atoms with E-state index in [1.807, 2.05) is 0 Å². The maximum Gasteiger partial charge on any atom is 0.0782 e. The number of quaternary nitrogens is 1. The van der Waals surface area contributed by atoms with Gasteiger partial charge in [0.25, 0.3) is 0 Å². The molecule has 176 valence electrons. The molecule has 0 aromatic rings. The summed E-state index contributed by atoms with van der Waals surface area (Å²) in [7, 11) is 4.90. The van der Waals surface area contributed by atoms with Crippen LogP contribution in [-0.2, 0) is 0 Å². The average molecular weight is 411 g/mol. The summed E-state index contributed by atoms with van der Waals surface area (Å²) in [5.41, 5.74) is 0. The lowest BCUT2D eigenvalue weighted by atomic mass is 10.0. The lowest BCUT2D eigenvalue weighted by Gasteiger charge is -2.30. The molecule has 0 amide bonds. The molecule has 0 bridgehead atoms. The number of unbranched alkanes of at least 4 members (excludes halogenated alkanes) is 20. The summed E-state index contributed by atoms with van der Waals surface area (Å²) in [5, 5.41) is 0. The van der Waals surface area contributed by atoms with E-state index in [1.54, 1.807) is 0 Å². The summed E-state index contributed by atoms with van der Waals surface area (Å²) < 4.78 is 1.24. The summed E-state index contributed by atoms with van der Waals surface area (Å²) in [4.78, 5) is 0. The molecular weight excluding hydrogens is 350 g/mol.